The fourth-order valence-electron chi connectivity index (χ4n) is 2.40. The zero-order valence-electron chi connectivity index (χ0n) is 14.8. The minimum atomic E-state index is -3.81. The van der Waals surface area contributed by atoms with Crippen molar-refractivity contribution >= 4 is 27.8 Å². The summed E-state index contributed by atoms with van der Waals surface area (Å²) in [4.78, 5) is 12.6. The Bertz CT molecular complexity index is 822. The monoisotopic (exact) mass is 393 g/mol. The average molecular weight is 394 g/mol. The van der Waals surface area contributed by atoms with E-state index in [1.165, 1.54) is 6.07 Å². The van der Waals surface area contributed by atoms with E-state index in [0.717, 1.165) is 5.56 Å². The molecule has 5 nitrogen and oxygen atoms in total. The largest absolute Gasteiger partial charge is 0.460 e. The third-order valence-corrected chi connectivity index (χ3v) is 6.08. The maximum atomic E-state index is 12.7. The van der Waals surface area contributed by atoms with Gasteiger partial charge < -0.3 is 4.74 Å². The van der Waals surface area contributed by atoms with Gasteiger partial charge in [0, 0.05) is 0 Å². The molecular weight excluding hydrogens is 370 g/mol. The molecule has 0 bridgehead atoms. The summed E-state index contributed by atoms with van der Waals surface area (Å²) in [5, 5.41) is 0. The van der Waals surface area contributed by atoms with Crippen molar-refractivity contribution in [1.29, 1.82) is 0 Å². The third kappa shape index (κ3) is 5.86. The van der Waals surface area contributed by atoms with Crippen molar-refractivity contribution < 1.29 is 17.9 Å². The van der Waals surface area contributed by atoms with E-state index in [-0.39, 0.29) is 11.5 Å². The zero-order chi connectivity index (χ0) is 19.0. The minimum absolute atomic E-state index is 0.113. The number of hydrogen-bond donors (Lipinski definition) is 1. The van der Waals surface area contributed by atoms with Crippen LogP contribution in [0, 0.1) is 6.92 Å². The number of thioether (sulfide) groups is 1. The molecule has 2 aromatic rings. The van der Waals surface area contributed by atoms with Gasteiger partial charge in [-0.15, -0.1) is 0 Å². The standard InChI is InChI=1S/C19H23NO4S2/c1-15-8-6-7-11-18(15)26(22,23)20-17(12-13-25-2)19(21)24-14-16-9-4-3-5-10-16/h3-11,17,20H,12-14H2,1-2H3. The molecule has 140 valence electrons. The summed E-state index contributed by atoms with van der Waals surface area (Å²) in [6.07, 6.45) is 2.27. The molecule has 0 heterocycles. The molecule has 1 N–H and O–H groups in total. The number of rotatable bonds is 9. The normalized spacial score (nSPS) is 12.5. The lowest BCUT2D eigenvalue weighted by molar-refractivity contribution is -0.147. The van der Waals surface area contributed by atoms with Gasteiger partial charge >= 0.3 is 5.97 Å². The van der Waals surface area contributed by atoms with Gasteiger partial charge in [0.2, 0.25) is 10.0 Å². The van der Waals surface area contributed by atoms with E-state index < -0.39 is 22.0 Å². The summed E-state index contributed by atoms with van der Waals surface area (Å²) < 4.78 is 33.2. The van der Waals surface area contributed by atoms with Crippen LogP contribution in [0.2, 0.25) is 0 Å². The molecule has 0 radical (unpaired) electrons. The summed E-state index contributed by atoms with van der Waals surface area (Å²) in [6, 6.07) is 15.0. The molecule has 1 unspecified atom stereocenters. The first-order chi connectivity index (χ1) is 12.4. The van der Waals surface area contributed by atoms with Crippen molar-refractivity contribution in [1.82, 2.24) is 4.72 Å². The van der Waals surface area contributed by atoms with Gasteiger partial charge in [0.05, 0.1) is 4.90 Å². The van der Waals surface area contributed by atoms with Crippen LogP contribution in [0.3, 0.4) is 0 Å². The number of sulfonamides is 1. The Kier molecular flexibility index (Phi) is 7.68. The van der Waals surface area contributed by atoms with Gasteiger partial charge in [0.25, 0.3) is 0 Å². The van der Waals surface area contributed by atoms with Crippen molar-refractivity contribution in [2.24, 2.45) is 0 Å². The molecule has 0 aliphatic carbocycles. The van der Waals surface area contributed by atoms with Crippen LogP contribution in [0.5, 0.6) is 0 Å². The lowest BCUT2D eigenvalue weighted by Crippen LogP contribution is -2.42. The Morgan fingerprint density at radius 1 is 1.12 bits per heavy atom. The summed E-state index contributed by atoms with van der Waals surface area (Å²) in [5.74, 6) is 0.0709. The molecule has 0 spiro atoms. The second kappa shape index (κ2) is 9.75. The highest BCUT2D eigenvalue weighted by Gasteiger charge is 2.27. The van der Waals surface area contributed by atoms with E-state index in [0.29, 0.717) is 17.7 Å². The molecule has 0 fully saturated rings. The molecule has 2 rings (SSSR count). The first kappa shape index (κ1) is 20.5. The van der Waals surface area contributed by atoms with Crippen molar-refractivity contribution in [3.8, 4) is 0 Å². The molecular formula is C19H23NO4S2. The van der Waals surface area contributed by atoms with E-state index in [1.54, 1.807) is 36.9 Å². The van der Waals surface area contributed by atoms with E-state index in [4.69, 9.17) is 4.74 Å². The Balaban J connectivity index is 2.10. The number of nitrogens with one attached hydrogen (secondary N) is 1. The maximum absolute atomic E-state index is 12.7. The third-order valence-electron chi connectivity index (χ3n) is 3.80. The van der Waals surface area contributed by atoms with Crippen molar-refractivity contribution in [3.63, 3.8) is 0 Å². The second-order valence-corrected chi connectivity index (χ2v) is 8.48. The molecule has 2 aromatic carbocycles. The van der Waals surface area contributed by atoms with Crippen LogP contribution in [0.4, 0.5) is 0 Å². The number of carbonyl (C=O) groups is 1. The minimum Gasteiger partial charge on any atom is -0.460 e. The molecule has 0 aliphatic rings. The van der Waals surface area contributed by atoms with E-state index in [9.17, 15) is 13.2 Å². The number of carbonyl (C=O) groups excluding carboxylic acids is 1. The predicted molar refractivity (Wildman–Crippen MR) is 105 cm³/mol. The highest BCUT2D eigenvalue weighted by molar-refractivity contribution is 7.98. The Labute approximate surface area is 159 Å². The van der Waals surface area contributed by atoms with Gasteiger partial charge in [-0.25, -0.2) is 8.42 Å². The fraction of sp³-hybridized carbons (Fsp3) is 0.316. The molecule has 0 saturated heterocycles. The van der Waals surface area contributed by atoms with Gasteiger partial charge in [-0.1, -0.05) is 48.5 Å². The highest BCUT2D eigenvalue weighted by atomic mass is 32.2. The molecule has 7 heteroatoms. The maximum Gasteiger partial charge on any atom is 0.324 e. The fourth-order valence-corrected chi connectivity index (χ4v) is 4.34. The number of aryl methyl sites for hydroxylation is 1. The molecule has 0 saturated carbocycles. The van der Waals surface area contributed by atoms with Gasteiger partial charge in [-0.05, 0) is 42.5 Å². The van der Waals surface area contributed by atoms with Crippen LogP contribution in [0.15, 0.2) is 59.5 Å². The van der Waals surface area contributed by atoms with Crippen LogP contribution in [-0.4, -0.2) is 32.4 Å². The SMILES string of the molecule is CSCCC(NS(=O)(=O)c1ccccc1C)C(=O)OCc1ccccc1. The molecule has 0 aromatic heterocycles. The Morgan fingerprint density at radius 2 is 1.77 bits per heavy atom. The van der Waals surface area contributed by atoms with Gasteiger partial charge in [-0.3, -0.25) is 4.79 Å². The number of ether oxygens (including phenoxy) is 1. The van der Waals surface area contributed by atoms with Crippen molar-refractivity contribution in [2.75, 3.05) is 12.0 Å². The van der Waals surface area contributed by atoms with Crippen molar-refractivity contribution in [3.05, 3.63) is 65.7 Å². The van der Waals surface area contributed by atoms with E-state index in [2.05, 4.69) is 4.72 Å². The van der Waals surface area contributed by atoms with Gasteiger partial charge in [0.1, 0.15) is 12.6 Å². The van der Waals surface area contributed by atoms with Crippen LogP contribution < -0.4 is 4.72 Å². The summed E-state index contributed by atoms with van der Waals surface area (Å²) in [5.41, 5.74) is 1.48. The highest BCUT2D eigenvalue weighted by Crippen LogP contribution is 2.16. The predicted octanol–water partition coefficient (Wildman–Crippen LogP) is 3.14. The first-order valence-electron chi connectivity index (χ1n) is 8.21. The number of benzene rings is 2. The zero-order valence-corrected chi connectivity index (χ0v) is 16.5. The lowest BCUT2D eigenvalue weighted by atomic mass is 10.2. The summed E-state index contributed by atoms with van der Waals surface area (Å²) in [7, 11) is -3.81. The molecule has 1 atom stereocenters. The summed E-state index contributed by atoms with van der Waals surface area (Å²) >= 11 is 1.54. The number of esters is 1. The lowest BCUT2D eigenvalue weighted by Gasteiger charge is -2.18. The molecule has 0 amide bonds. The number of hydrogen-bond acceptors (Lipinski definition) is 5. The van der Waals surface area contributed by atoms with Crippen LogP contribution >= 0.6 is 11.8 Å². The smallest absolute Gasteiger partial charge is 0.324 e. The molecule has 26 heavy (non-hydrogen) atoms. The van der Waals surface area contributed by atoms with Crippen molar-refractivity contribution in [2.45, 2.75) is 30.9 Å². The average Bonchev–Trinajstić information content (AvgIpc) is 2.64. The Morgan fingerprint density at radius 3 is 2.42 bits per heavy atom. The van der Waals surface area contributed by atoms with Crippen LogP contribution in [0.25, 0.3) is 0 Å². The van der Waals surface area contributed by atoms with Gasteiger partial charge in [-0.2, -0.15) is 16.5 Å². The quantitative estimate of drug-likeness (QED) is 0.663. The molecule has 0 aliphatic heterocycles. The first-order valence-corrected chi connectivity index (χ1v) is 11.1. The Hall–Kier alpha value is -1.83. The topological polar surface area (TPSA) is 72.5 Å². The van der Waals surface area contributed by atoms with E-state index >= 15 is 0 Å². The van der Waals surface area contributed by atoms with Gasteiger partial charge in [0.15, 0.2) is 0 Å². The second-order valence-electron chi connectivity index (χ2n) is 5.81. The van der Waals surface area contributed by atoms with E-state index in [1.807, 2.05) is 36.6 Å². The summed E-state index contributed by atoms with van der Waals surface area (Å²) in [6.45, 7) is 1.83. The van der Waals surface area contributed by atoms with Crippen LogP contribution in [0.1, 0.15) is 17.5 Å². The van der Waals surface area contributed by atoms with Crippen LogP contribution in [-0.2, 0) is 26.2 Å².